The summed E-state index contributed by atoms with van der Waals surface area (Å²) in [5.41, 5.74) is 0. The zero-order valence-corrected chi connectivity index (χ0v) is 11.2. The molecule has 0 bridgehead atoms. The highest BCUT2D eigenvalue weighted by Crippen LogP contribution is 1.82. The molecular formula is C12H25NO4. The molecule has 1 N–H and O–H groups in total. The van der Waals surface area contributed by atoms with E-state index in [9.17, 15) is 4.79 Å². The van der Waals surface area contributed by atoms with Gasteiger partial charge in [-0.3, -0.25) is 4.79 Å². The van der Waals surface area contributed by atoms with Gasteiger partial charge in [0.15, 0.2) is 5.78 Å². The van der Waals surface area contributed by atoms with Crippen molar-refractivity contribution in [3.05, 3.63) is 0 Å². The van der Waals surface area contributed by atoms with Gasteiger partial charge in [-0.2, -0.15) is 0 Å². The number of carbonyl (C=O) groups is 1. The Morgan fingerprint density at radius 1 is 1.00 bits per heavy atom. The van der Waals surface area contributed by atoms with Crippen molar-refractivity contribution < 1.29 is 19.0 Å². The quantitative estimate of drug-likeness (QED) is 0.512. The van der Waals surface area contributed by atoms with Crippen molar-refractivity contribution >= 4 is 5.78 Å². The minimum atomic E-state index is 0.0333. The molecule has 5 heteroatoms. The Bertz CT molecular complexity index is 185. The number of ether oxygens (including phenoxy) is 3. The summed E-state index contributed by atoms with van der Waals surface area (Å²) in [6.45, 7) is 9.53. The lowest BCUT2D eigenvalue weighted by Crippen LogP contribution is -2.27. The minimum absolute atomic E-state index is 0.0333. The maximum atomic E-state index is 10.5. The van der Waals surface area contributed by atoms with Gasteiger partial charge in [-0.25, -0.2) is 0 Å². The van der Waals surface area contributed by atoms with Gasteiger partial charge in [0.25, 0.3) is 0 Å². The van der Waals surface area contributed by atoms with E-state index in [4.69, 9.17) is 14.2 Å². The summed E-state index contributed by atoms with van der Waals surface area (Å²) in [5, 5.41) is 3.26. The second-order valence-electron chi connectivity index (χ2n) is 4.09. The molecule has 0 heterocycles. The predicted molar refractivity (Wildman–Crippen MR) is 66.3 cm³/mol. The number of hydrogen-bond donors (Lipinski definition) is 1. The van der Waals surface area contributed by atoms with Gasteiger partial charge >= 0.3 is 0 Å². The molecule has 102 valence electrons. The van der Waals surface area contributed by atoms with E-state index in [1.54, 1.807) is 0 Å². The molecule has 0 amide bonds. The van der Waals surface area contributed by atoms with Crippen molar-refractivity contribution in [3.63, 3.8) is 0 Å². The van der Waals surface area contributed by atoms with Crippen LogP contribution in [0.3, 0.4) is 0 Å². The Morgan fingerprint density at radius 2 is 1.53 bits per heavy atom. The topological polar surface area (TPSA) is 56.8 Å². The molecule has 0 saturated heterocycles. The third-order valence-corrected chi connectivity index (χ3v) is 1.85. The van der Waals surface area contributed by atoms with Crippen LogP contribution in [0.4, 0.5) is 0 Å². The molecule has 0 unspecified atom stereocenters. The summed E-state index contributed by atoms with van der Waals surface area (Å²) in [5.74, 6) is 0.0333. The average Bonchev–Trinajstić information content (AvgIpc) is 2.25. The van der Waals surface area contributed by atoms with Gasteiger partial charge < -0.3 is 19.5 Å². The molecule has 0 atom stereocenters. The molecule has 0 aromatic carbocycles. The van der Waals surface area contributed by atoms with E-state index in [0.717, 1.165) is 6.54 Å². The summed E-state index contributed by atoms with van der Waals surface area (Å²) in [7, 11) is 0. The van der Waals surface area contributed by atoms with Gasteiger partial charge in [-0.05, 0) is 6.92 Å². The van der Waals surface area contributed by atoms with Crippen LogP contribution in [0, 0.1) is 0 Å². The molecule has 0 aliphatic heterocycles. The lowest BCUT2D eigenvalue weighted by Gasteiger charge is -2.08. The monoisotopic (exact) mass is 247 g/mol. The fourth-order valence-corrected chi connectivity index (χ4v) is 1.08. The summed E-state index contributed by atoms with van der Waals surface area (Å²) in [6, 6.07) is 0.494. The lowest BCUT2D eigenvalue weighted by atomic mass is 10.4. The van der Waals surface area contributed by atoms with Crippen molar-refractivity contribution in [3.8, 4) is 0 Å². The van der Waals surface area contributed by atoms with Gasteiger partial charge in [0.1, 0.15) is 6.61 Å². The van der Waals surface area contributed by atoms with E-state index in [2.05, 4.69) is 19.2 Å². The fourth-order valence-electron chi connectivity index (χ4n) is 1.08. The molecular weight excluding hydrogens is 222 g/mol. The summed E-state index contributed by atoms with van der Waals surface area (Å²) in [6.07, 6.45) is 0. The van der Waals surface area contributed by atoms with Crippen LogP contribution in [0.15, 0.2) is 0 Å². The largest absolute Gasteiger partial charge is 0.378 e. The van der Waals surface area contributed by atoms with E-state index in [0.29, 0.717) is 39.1 Å². The number of Topliss-reactive ketones (excluding diaryl/α,β-unsaturated/α-hetero) is 1. The zero-order chi connectivity index (χ0) is 12.9. The zero-order valence-electron chi connectivity index (χ0n) is 11.2. The smallest absolute Gasteiger partial charge is 0.155 e. The molecule has 0 rings (SSSR count). The highest BCUT2D eigenvalue weighted by Gasteiger charge is 1.94. The van der Waals surface area contributed by atoms with Crippen molar-refractivity contribution in [1.82, 2.24) is 5.32 Å². The first-order valence-corrected chi connectivity index (χ1v) is 6.09. The molecule has 0 radical (unpaired) electrons. The minimum Gasteiger partial charge on any atom is -0.378 e. The maximum Gasteiger partial charge on any atom is 0.155 e. The Kier molecular flexibility index (Phi) is 11.6. The molecule has 0 aliphatic rings. The van der Waals surface area contributed by atoms with Gasteiger partial charge in [-0.15, -0.1) is 0 Å². The molecule has 5 nitrogen and oxygen atoms in total. The Hall–Kier alpha value is -0.490. The lowest BCUT2D eigenvalue weighted by molar-refractivity contribution is -0.122. The van der Waals surface area contributed by atoms with Crippen LogP contribution in [0.5, 0.6) is 0 Å². The number of hydrogen-bond acceptors (Lipinski definition) is 5. The van der Waals surface area contributed by atoms with Gasteiger partial charge in [0, 0.05) is 12.6 Å². The van der Waals surface area contributed by atoms with Crippen LogP contribution in [-0.4, -0.2) is 58.0 Å². The number of carbonyl (C=O) groups excluding carboxylic acids is 1. The van der Waals surface area contributed by atoms with E-state index < -0.39 is 0 Å². The predicted octanol–water partition coefficient (Wildman–Crippen LogP) is 0.623. The first-order valence-electron chi connectivity index (χ1n) is 6.09. The Labute approximate surface area is 104 Å². The highest BCUT2D eigenvalue weighted by atomic mass is 16.5. The summed E-state index contributed by atoms with van der Waals surface area (Å²) >= 11 is 0. The molecule has 17 heavy (non-hydrogen) atoms. The van der Waals surface area contributed by atoms with Crippen LogP contribution >= 0.6 is 0 Å². The molecule has 0 saturated carbocycles. The average molecular weight is 247 g/mol. The molecule has 0 fully saturated rings. The van der Waals surface area contributed by atoms with Crippen LogP contribution < -0.4 is 5.32 Å². The van der Waals surface area contributed by atoms with E-state index in [1.165, 1.54) is 6.92 Å². The van der Waals surface area contributed by atoms with Gasteiger partial charge in [0.05, 0.1) is 33.0 Å². The number of nitrogens with one attached hydrogen (secondary N) is 1. The molecule has 0 aliphatic carbocycles. The fraction of sp³-hybridized carbons (Fsp3) is 0.917. The number of ketones is 1. The number of rotatable bonds is 12. The van der Waals surface area contributed by atoms with Crippen molar-refractivity contribution in [2.24, 2.45) is 0 Å². The standard InChI is InChI=1S/C12H25NO4/c1-11(2)13-4-5-15-6-7-16-8-9-17-10-12(3)14/h11,13H,4-10H2,1-3H3. The molecule has 0 aromatic heterocycles. The first-order chi connectivity index (χ1) is 8.13. The molecule has 0 spiro atoms. The van der Waals surface area contributed by atoms with Crippen molar-refractivity contribution in [1.29, 1.82) is 0 Å². The maximum absolute atomic E-state index is 10.5. The molecule has 0 aromatic rings. The van der Waals surface area contributed by atoms with Gasteiger partial charge in [0.2, 0.25) is 0 Å². The third kappa shape index (κ3) is 15.5. The van der Waals surface area contributed by atoms with Crippen LogP contribution in [-0.2, 0) is 19.0 Å². The normalized spacial score (nSPS) is 11.1. The SMILES string of the molecule is CC(=O)COCCOCCOCCNC(C)C. The third-order valence-electron chi connectivity index (χ3n) is 1.85. The van der Waals surface area contributed by atoms with Crippen LogP contribution in [0.1, 0.15) is 20.8 Å². The highest BCUT2D eigenvalue weighted by molar-refractivity contribution is 5.76. The summed E-state index contributed by atoms with van der Waals surface area (Å²) in [4.78, 5) is 10.5. The second-order valence-corrected chi connectivity index (χ2v) is 4.09. The van der Waals surface area contributed by atoms with E-state index in [1.807, 2.05) is 0 Å². The Morgan fingerprint density at radius 3 is 2.06 bits per heavy atom. The van der Waals surface area contributed by atoms with Crippen LogP contribution in [0.25, 0.3) is 0 Å². The van der Waals surface area contributed by atoms with Crippen LogP contribution in [0.2, 0.25) is 0 Å². The first kappa shape index (κ1) is 16.5. The summed E-state index contributed by atoms with van der Waals surface area (Å²) < 4.78 is 15.6. The van der Waals surface area contributed by atoms with Gasteiger partial charge in [-0.1, -0.05) is 13.8 Å². The second kappa shape index (κ2) is 12.0. The van der Waals surface area contributed by atoms with Crippen molar-refractivity contribution in [2.45, 2.75) is 26.8 Å². The van der Waals surface area contributed by atoms with E-state index in [-0.39, 0.29) is 12.4 Å². The Balaban J connectivity index is 2.96. The van der Waals surface area contributed by atoms with Crippen molar-refractivity contribution in [2.75, 3.05) is 46.2 Å². The van der Waals surface area contributed by atoms with E-state index >= 15 is 0 Å².